The first-order valence-corrected chi connectivity index (χ1v) is 5.57. The zero-order valence-corrected chi connectivity index (χ0v) is 10.2. The number of rotatable bonds is 2. The molecule has 0 aliphatic heterocycles. The quantitative estimate of drug-likeness (QED) is 0.725. The molecule has 3 heteroatoms. The lowest BCUT2D eigenvalue weighted by atomic mass is 10.2. The number of allylic oxidation sites excluding steroid dienone is 1. The summed E-state index contributed by atoms with van der Waals surface area (Å²) in [6.07, 6.45) is 2.50. The normalized spacial score (nSPS) is 10.5. The van der Waals surface area contributed by atoms with Crippen LogP contribution in [-0.2, 0) is 6.42 Å². The second-order valence-electron chi connectivity index (χ2n) is 4.20. The molecule has 1 aromatic heterocycles. The third-order valence-electron chi connectivity index (χ3n) is 2.71. The minimum atomic E-state index is -0.0250. The Hall–Kier alpha value is -2.03. The topological polar surface area (TPSA) is 25.2 Å². The molecular weight excluding hydrogens is 212 g/mol. The highest BCUT2D eigenvalue weighted by atomic mass is 16.2. The Morgan fingerprint density at radius 1 is 1.41 bits per heavy atom. The molecule has 0 N–H and O–H groups in total. The van der Waals surface area contributed by atoms with Crippen molar-refractivity contribution < 1.29 is 4.79 Å². The standard InChI is InChI=1S/C14H16N2O/c1-4-7-12-10-11-8-5-6-9-13(11)16(12)14(17)15(2)3/h4-6,8-10H,1,7H2,2-3H3. The van der Waals surface area contributed by atoms with Gasteiger partial charge < -0.3 is 4.90 Å². The van der Waals surface area contributed by atoms with Gasteiger partial charge >= 0.3 is 6.03 Å². The van der Waals surface area contributed by atoms with Gasteiger partial charge in [-0.15, -0.1) is 6.58 Å². The summed E-state index contributed by atoms with van der Waals surface area (Å²) in [6.45, 7) is 3.73. The van der Waals surface area contributed by atoms with Crippen molar-refractivity contribution in [3.8, 4) is 0 Å². The fourth-order valence-corrected chi connectivity index (χ4v) is 1.94. The van der Waals surface area contributed by atoms with Crippen LogP contribution in [0.4, 0.5) is 4.79 Å². The molecule has 0 spiro atoms. The highest BCUT2D eigenvalue weighted by molar-refractivity contribution is 5.92. The molecule has 0 aliphatic rings. The second-order valence-corrected chi connectivity index (χ2v) is 4.20. The summed E-state index contributed by atoms with van der Waals surface area (Å²) in [7, 11) is 3.52. The molecule has 3 nitrogen and oxygen atoms in total. The number of aromatic nitrogens is 1. The Morgan fingerprint density at radius 3 is 2.76 bits per heavy atom. The third-order valence-corrected chi connectivity index (χ3v) is 2.71. The predicted molar refractivity (Wildman–Crippen MR) is 70.3 cm³/mol. The lowest BCUT2D eigenvalue weighted by molar-refractivity contribution is 0.219. The highest BCUT2D eigenvalue weighted by Gasteiger charge is 2.15. The van der Waals surface area contributed by atoms with E-state index in [9.17, 15) is 4.79 Å². The van der Waals surface area contributed by atoms with Gasteiger partial charge in [0.25, 0.3) is 0 Å². The molecule has 1 amide bonds. The molecule has 0 saturated heterocycles. The SMILES string of the molecule is C=CCc1cc2ccccc2n1C(=O)N(C)C. The van der Waals surface area contributed by atoms with Gasteiger partial charge in [0.05, 0.1) is 5.52 Å². The molecule has 1 aromatic carbocycles. The monoisotopic (exact) mass is 228 g/mol. The van der Waals surface area contributed by atoms with E-state index in [1.165, 1.54) is 0 Å². The summed E-state index contributed by atoms with van der Waals surface area (Å²) in [4.78, 5) is 13.8. The predicted octanol–water partition coefficient (Wildman–Crippen LogP) is 2.90. The summed E-state index contributed by atoms with van der Waals surface area (Å²) in [5, 5.41) is 1.08. The van der Waals surface area contributed by atoms with E-state index in [0.717, 1.165) is 16.6 Å². The van der Waals surface area contributed by atoms with Crippen LogP contribution >= 0.6 is 0 Å². The maximum Gasteiger partial charge on any atom is 0.328 e. The van der Waals surface area contributed by atoms with Crippen LogP contribution in [0.5, 0.6) is 0 Å². The molecule has 0 atom stereocenters. The molecule has 0 radical (unpaired) electrons. The van der Waals surface area contributed by atoms with Gasteiger partial charge in [0.15, 0.2) is 0 Å². The van der Waals surface area contributed by atoms with Gasteiger partial charge in [-0.05, 0) is 12.1 Å². The van der Waals surface area contributed by atoms with Crippen LogP contribution in [0.2, 0.25) is 0 Å². The summed E-state index contributed by atoms with van der Waals surface area (Å²) >= 11 is 0. The maximum absolute atomic E-state index is 12.2. The number of carbonyl (C=O) groups is 1. The number of fused-ring (bicyclic) bond motifs is 1. The first-order valence-electron chi connectivity index (χ1n) is 5.57. The van der Waals surface area contributed by atoms with Gasteiger partial charge in [-0.1, -0.05) is 24.3 Å². The Kier molecular flexibility index (Phi) is 3.00. The Balaban J connectivity index is 2.67. The average molecular weight is 228 g/mol. The van der Waals surface area contributed by atoms with E-state index in [1.807, 2.05) is 36.4 Å². The van der Waals surface area contributed by atoms with E-state index < -0.39 is 0 Å². The van der Waals surface area contributed by atoms with E-state index in [1.54, 1.807) is 23.6 Å². The van der Waals surface area contributed by atoms with Crippen molar-refractivity contribution in [3.63, 3.8) is 0 Å². The summed E-state index contributed by atoms with van der Waals surface area (Å²) in [5.41, 5.74) is 1.92. The zero-order valence-electron chi connectivity index (χ0n) is 10.2. The maximum atomic E-state index is 12.2. The van der Waals surface area contributed by atoms with Gasteiger partial charge in [0, 0.05) is 31.6 Å². The van der Waals surface area contributed by atoms with Gasteiger partial charge in [0.2, 0.25) is 0 Å². The molecule has 0 bridgehead atoms. The van der Waals surface area contributed by atoms with E-state index in [0.29, 0.717) is 6.42 Å². The molecular formula is C14H16N2O. The fourth-order valence-electron chi connectivity index (χ4n) is 1.94. The van der Waals surface area contributed by atoms with Gasteiger partial charge in [0.1, 0.15) is 0 Å². The van der Waals surface area contributed by atoms with Crippen molar-refractivity contribution in [1.82, 2.24) is 9.47 Å². The molecule has 2 rings (SSSR count). The van der Waals surface area contributed by atoms with E-state index >= 15 is 0 Å². The van der Waals surface area contributed by atoms with Crippen molar-refractivity contribution >= 4 is 16.9 Å². The van der Waals surface area contributed by atoms with Crippen LogP contribution in [0.15, 0.2) is 43.0 Å². The first-order chi connectivity index (χ1) is 8.15. The number of carbonyl (C=O) groups excluding carboxylic acids is 1. The lowest BCUT2D eigenvalue weighted by Gasteiger charge is -2.14. The molecule has 1 heterocycles. The highest BCUT2D eigenvalue weighted by Crippen LogP contribution is 2.20. The number of nitrogens with zero attached hydrogens (tertiary/aromatic N) is 2. The fraction of sp³-hybridized carbons (Fsp3) is 0.214. The minimum Gasteiger partial charge on any atom is -0.330 e. The van der Waals surface area contributed by atoms with Crippen LogP contribution in [0.1, 0.15) is 5.69 Å². The largest absolute Gasteiger partial charge is 0.330 e. The van der Waals surface area contributed by atoms with Crippen molar-refractivity contribution in [2.45, 2.75) is 6.42 Å². The van der Waals surface area contributed by atoms with Crippen LogP contribution < -0.4 is 0 Å². The number of hydrogen-bond donors (Lipinski definition) is 0. The molecule has 0 fully saturated rings. The Bertz CT molecular complexity index is 567. The number of para-hydroxylation sites is 1. The molecule has 2 aromatic rings. The minimum absolute atomic E-state index is 0.0250. The third kappa shape index (κ3) is 1.96. The molecule has 17 heavy (non-hydrogen) atoms. The van der Waals surface area contributed by atoms with Crippen LogP contribution in [0, 0.1) is 0 Å². The summed E-state index contributed by atoms with van der Waals surface area (Å²) in [5.74, 6) is 0. The lowest BCUT2D eigenvalue weighted by Crippen LogP contribution is -2.28. The summed E-state index contributed by atoms with van der Waals surface area (Å²) < 4.78 is 1.75. The number of amides is 1. The van der Waals surface area contributed by atoms with Crippen LogP contribution in [-0.4, -0.2) is 29.6 Å². The molecule has 88 valence electrons. The van der Waals surface area contributed by atoms with Crippen molar-refractivity contribution in [2.75, 3.05) is 14.1 Å². The Labute approximate surface area is 101 Å². The number of hydrogen-bond acceptors (Lipinski definition) is 1. The van der Waals surface area contributed by atoms with Gasteiger partial charge in [-0.25, -0.2) is 4.79 Å². The van der Waals surface area contributed by atoms with Crippen LogP contribution in [0.25, 0.3) is 10.9 Å². The van der Waals surface area contributed by atoms with Crippen LogP contribution in [0.3, 0.4) is 0 Å². The van der Waals surface area contributed by atoms with E-state index in [-0.39, 0.29) is 6.03 Å². The van der Waals surface area contributed by atoms with E-state index in [4.69, 9.17) is 0 Å². The smallest absolute Gasteiger partial charge is 0.328 e. The van der Waals surface area contributed by atoms with Crippen molar-refractivity contribution in [3.05, 3.63) is 48.7 Å². The van der Waals surface area contributed by atoms with E-state index in [2.05, 4.69) is 6.58 Å². The first kappa shape index (κ1) is 11.5. The van der Waals surface area contributed by atoms with Gasteiger partial charge in [-0.3, -0.25) is 4.57 Å². The molecule has 0 aliphatic carbocycles. The second kappa shape index (κ2) is 4.45. The zero-order chi connectivity index (χ0) is 12.4. The van der Waals surface area contributed by atoms with Crippen molar-refractivity contribution in [1.29, 1.82) is 0 Å². The summed E-state index contributed by atoms with van der Waals surface area (Å²) in [6, 6.07) is 9.91. The molecule has 0 unspecified atom stereocenters. The Morgan fingerprint density at radius 2 is 2.12 bits per heavy atom. The number of benzene rings is 1. The molecule has 0 saturated carbocycles. The average Bonchev–Trinajstić information content (AvgIpc) is 2.66. The van der Waals surface area contributed by atoms with Gasteiger partial charge in [-0.2, -0.15) is 0 Å². The van der Waals surface area contributed by atoms with Crippen molar-refractivity contribution in [2.24, 2.45) is 0 Å².